The van der Waals surface area contributed by atoms with Crippen LogP contribution in [0, 0.1) is 22.7 Å². The van der Waals surface area contributed by atoms with Gasteiger partial charge in [-0.05, 0) is 12.1 Å². The summed E-state index contributed by atoms with van der Waals surface area (Å²) in [5.41, 5.74) is -0.262. The first-order valence-corrected chi connectivity index (χ1v) is 3.55. The Morgan fingerprint density at radius 1 is 1.07 bits per heavy atom. The number of pyridine rings is 1. The maximum Gasteiger partial charge on any atom is 0.280 e. The fourth-order valence-corrected chi connectivity index (χ4v) is 0.802. The molecule has 0 saturated heterocycles. The van der Waals surface area contributed by atoms with Crippen LogP contribution in [0.2, 0.25) is 0 Å². The van der Waals surface area contributed by atoms with Gasteiger partial charge in [0, 0.05) is 0 Å². The van der Waals surface area contributed by atoms with Crippen molar-refractivity contribution >= 4 is 11.6 Å². The highest BCUT2D eigenvalue weighted by atomic mass is 16.1. The van der Waals surface area contributed by atoms with Crippen molar-refractivity contribution in [2.24, 2.45) is 0 Å². The maximum atomic E-state index is 10.9. The van der Waals surface area contributed by atoms with Crippen molar-refractivity contribution < 1.29 is 9.59 Å². The van der Waals surface area contributed by atoms with E-state index < -0.39 is 11.6 Å². The number of nitriles is 2. The van der Waals surface area contributed by atoms with Crippen LogP contribution in [0.3, 0.4) is 0 Å². The first-order valence-electron chi connectivity index (χ1n) is 3.55. The second kappa shape index (κ2) is 3.92. The van der Waals surface area contributed by atoms with Crippen LogP contribution in [0.4, 0.5) is 0 Å². The predicted molar refractivity (Wildman–Crippen MR) is 44.1 cm³/mol. The number of nitrogens with zero attached hydrogens (tertiary/aromatic N) is 3. The van der Waals surface area contributed by atoms with Gasteiger partial charge >= 0.3 is 0 Å². The molecule has 0 bridgehead atoms. The van der Waals surface area contributed by atoms with E-state index in [1.807, 2.05) is 0 Å². The summed E-state index contributed by atoms with van der Waals surface area (Å²) in [5.74, 6) is -1.67. The molecule has 0 aliphatic rings. The second-order valence-corrected chi connectivity index (χ2v) is 2.29. The molecule has 66 valence electrons. The fraction of sp³-hybridized carbons (Fsp3) is 0. The lowest BCUT2D eigenvalue weighted by Crippen LogP contribution is -2.05. The van der Waals surface area contributed by atoms with E-state index in [-0.39, 0.29) is 11.4 Å². The monoisotopic (exact) mass is 185 g/mol. The van der Waals surface area contributed by atoms with Gasteiger partial charge in [-0.25, -0.2) is 4.98 Å². The molecule has 14 heavy (non-hydrogen) atoms. The molecule has 0 aromatic carbocycles. The van der Waals surface area contributed by atoms with Gasteiger partial charge < -0.3 is 0 Å². The summed E-state index contributed by atoms with van der Waals surface area (Å²) < 4.78 is 0. The van der Waals surface area contributed by atoms with E-state index >= 15 is 0 Å². The number of hydrogen-bond donors (Lipinski definition) is 0. The van der Waals surface area contributed by atoms with E-state index in [0.29, 0.717) is 0 Å². The van der Waals surface area contributed by atoms with Crippen molar-refractivity contribution in [2.75, 3.05) is 0 Å². The molecule has 0 amide bonds. The van der Waals surface area contributed by atoms with Crippen molar-refractivity contribution in [3.8, 4) is 12.1 Å². The van der Waals surface area contributed by atoms with Crippen LogP contribution >= 0.6 is 0 Å². The zero-order valence-corrected chi connectivity index (χ0v) is 6.89. The number of carbonyl (C=O) groups is 2. The highest BCUT2D eigenvalue weighted by Gasteiger charge is 2.10. The maximum absolute atomic E-state index is 10.9. The molecule has 1 heterocycles. The molecule has 0 aliphatic heterocycles. The summed E-state index contributed by atoms with van der Waals surface area (Å²) in [5, 5.41) is 16.6. The standard InChI is InChI=1S/C9H3N3O2/c10-4-8(13)6-2-1-3-7(12-6)9(14)5-11/h1-3H. The Morgan fingerprint density at radius 2 is 1.50 bits per heavy atom. The Bertz CT molecular complexity index is 438. The quantitative estimate of drug-likeness (QED) is 0.493. The van der Waals surface area contributed by atoms with Crippen LogP contribution < -0.4 is 0 Å². The van der Waals surface area contributed by atoms with Crippen LogP contribution in [0.25, 0.3) is 0 Å². The molecule has 0 unspecified atom stereocenters. The molecule has 1 aromatic heterocycles. The SMILES string of the molecule is N#CC(=O)c1cccc(C(=O)C#N)n1. The Labute approximate surface area is 79.2 Å². The minimum Gasteiger partial charge on any atom is -0.275 e. The molecule has 1 aromatic rings. The summed E-state index contributed by atoms with van der Waals surface area (Å²) in [6.07, 6.45) is 0. The molecule has 0 saturated carbocycles. The number of ketones is 2. The van der Waals surface area contributed by atoms with Gasteiger partial charge in [-0.15, -0.1) is 0 Å². The highest BCUT2D eigenvalue weighted by molar-refractivity contribution is 6.09. The second-order valence-electron chi connectivity index (χ2n) is 2.29. The zero-order valence-electron chi connectivity index (χ0n) is 6.89. The summed E-state index contributed by atoms with van der Waals surface area (Å²) >= 11 is 0. The third kappa shape index (κ3) is 1.79. The molecule has 0 atom stereocenters. The Kier molecular flexibility index (Phi) is 2.68. The zero-order chi connectivity index (χ0) is 10.6. The van der Waals surface area contributed by atoms with Crippen LogP contribution in [0.5, 0.6) is 0 Å². The van der Waals surface area contributed by atoms with Crippen LogP contribution in [0.1, 0.15) is 21.0 Å². The molecule has 5 heteroatoms. The Hall–Kier alpha value is -2.53. The summed E-state index contributed by atoms with van der Waals surface area (Å²) in [6, 6.07) is 6.74. The molecule has 0 spiro atoms. The normalized spacial score (nSPS) is 8.43. The lowest BCUT2D eigenvalue weighted by atomic mass is 10.2. The average molecular weight is 185 g/mol. The number of aromatic nitrogens is 1. The van der Waals surface area contributed by atoms with Gasteiger partial charge in [-0.1, -0.05) is 6.07 Å². The molecule has 0 aliphatic carbocycles. The van der Waals surface area contributed by atoms with Gasteiger partial charge in [0.05, 0.1) is 0 Å². The smallest absolute Gasteiger partial charge is 0.275 e. The molecule has 0 N–H and O–H groups in total. The average Bonchev–Trinajstić information content (AvgIpc) is 2.27. The first-order chi connectivity index (χ1) is 6.69. The van der Waals surface area contributed by atoms with Gasteiger partial charge in [0.15, 0.2) is 0 Å². The number of Topliss-reactive ketones (excluding diaryl/α,β-unsaturated/α-hetero) is 2. The van der Waals surface area contributed by atoms with Gasteiger partial charge in [0.1, 0.15) is 23.5 Å². The number of carbonyl (C=O) groups excluding carboxylic acids is 2. The third-order valence-electron chi connectivity index (χ3n) is 1.42. The lowest BCUT2D eigenvalue weighted by Gasteiger charge is -1.94. The minimum absolute atomic E-state index is 0.131. The molecular weight excluding hydrogens is 182 g/mol. The number of hydrogen-bond acceptors (Lipinski definition) is 5. The van der Waals surface area contributed by atoms with E-state index in [2.05, 4.69) is 4.98 Å². The van der Waals surface area contributed by atoms with E-state index in [1.54, 1.807) is 0 Å². The van der Waals surface area contributed by atoms with E-state index in [4.69, 9.17) is 10.5 Å². The van der Waals surface area contributed by atoms with Gasteiger partial charge in [-0.2, -0.15) is 10.5 Å². The van der Waals surface area contributed by atoms with Gasteiger partial charge in [-0.3, -0.25) is 9.59 Å². The fourth-order valence-electron chi connectivity index (χ4n) is 0.802. The number of rotatable bonds is 2. The van der Waals surface area contributed by atoms with Crippen LogP contribution in [0.15, 0.2) is 18.2 Å². The summed E-state index contributed by atoms with van der Waals surface area (Å²) in [7, 11) is 0. The lowest BCUT2D eigenvalue weighted by molar-refractivity contribution is 0.104. The first kappa shape index (κ1) is 9.56. The van der Waals surface area contributed by atoms with Gasteiger partial charge in [0.2, 0.25) is 0 Å². The van der Waals surface area contributed by atoms with Crippen molar-refractivity contribution in [2.45, 2.75) is 0 Å². The van der Waals surface area contributed by atoms with Crippen molar-refractivity contribution in [3.63, 3.8) is 0 Å². The van der Waals surface area contributed by atoms with E-state index in [9.17, 15) is 9.59 Å². The largest absolute Gasteiger partial charge is 0.280 e. The molecule has 0 fully saturated rings. The topological polar surface area (TPSA) is 94.6 Å². The van der Waals surface area contributed by atoms with Crippen molar-refractivity contribution in [3.05, 3.63) is 29.6 Å². The molecule has 5 nitrogen and oxygen atoms in total. The molecular formula is C9H3N3O2. The van der Waals surface area contributed by atoms with Crippen LogP contribution in [-0.2, 0) is 0 Å². The van der Waals surface area contributed by atoms with Crippen molar-refractivity contribution in [1.82, 2.24) is 4.98 Å². The van der Waals surface area contributed by atoms with E-state index in [0.717, 1.165) is 0 Å². The third-order valence-corrected chi connectivity index (χ3v) is 1.42. The Morgan fingerprint density at radius 3 is 1.86 bits per heavy atom. The summed E-state index contributed by atoms with van der Waals surface area (Å²) in [6.45, 7) is 0. The minimum atomic E-state index is -0.836. The van der Waals surface area contributed by atoms with Gasteiger partial charge in [0.25, 0.3) is 11.6 Å². The van der Waals surface area contributed by atoms with Crippen LogP contribution in [-0.4, -0.2) is 16.6 Å². The van der Waals surface area contributed by atoms with Crippen molar-refractivity contribution in [1.29, 1.82) is 10.5 Å². The Balaban J connectivity index is 3.16. The highest BCUT2D eigenvalue weighted by Crippen LogP contribution is 2.00. The predicted octanol–water partition coefficient (Wildman–Crippen LogP) is 0.494. The summed E-state index contributed by atoms with van der Waals surface area (Å²) in [4.78, 5) is 25.3. The van der Waals surface area contributed by atoms with E-state index in [1.165, 1.54) is 30.3 Å². The molecule has 0 radical (unpaired) electrons. The molecule has 1 rings (SSSR count).